The smallest absolute Gasteiger partial charge is 0.111 e. The Bertz CT molecular complexity index is 573. The number of hydrogen-bond donors (Lipinski definition) is 0. The number of aryl methyl sites for hydroxylation is 3. The van der Waals surface area contributed by atoms with E-state index >= 15 is 0 Å². The summed E-state index contributed by atoms with van der Waals surface area (Å²) >= 11 is 5.94. The molecule has 0 aliphatic heterocycles. The molecular weight excluding hydrogens is 282 g/mol. The largest absolute Gasteiger partial charge is 0.328 e. The number of imidazole rings is 1. The lowest BCUT2D eigenvalue weighted by Gasteiger charge is -2.18. The summed E-state index contributed by atoms with van der Waals surface area (Å²) in [5, 5.41) is 0. The van der Waals surface area contributed by atoms with Gasteiger partial charge in [0.2, 0.25) is 0 Å². The summed E-state index contributed by atoms with van der Waals surface area (Å²) in [5.74, 6) is 1.74. The Morgan fingerprint density at radius 1 is 1.24 bits per heavy atom. The number of rotatable bonds is 8. The second-order valence-electron chi connectivity index (χ2n) is 5.44. The van der Waals surface area contributed by atoms with Crippen LogP contribution < -0.4 is 0 Å². The lowest BCUT2D eigenvalue weighted by atomic mass is 10.2. The van der Waals surface area contributed by atoms with Crippen molar-refractivity contribution in [3.8, 4) is 0 Å². The normalized spacial score (nSPS) is 11.7. The van der Waals surface area contributed by atoms with Crippen LogP contribution in [-0.2, 0) is 13.0 Å². The van der Waals surface area contributed by atoms with Gasteiger partial charge in [-0.3, -0.25) is 0 Å². The van der Waals surface area contributed by atoms with Gasteiger partial charge >= 0.3 is 0 Å². The summed E-state index contributed by atoms with van der Waals surface area (Å²) in [6.07, 6.45) is 1.98. The molecule has 2 rings (SSSR count). The number of halogens is 1. The van der Waals surface area contributed by atoms with Crippen molar-refractivity contribution in [2.24, 2.45) is 0 Å². The maximum atomic E-state index is 5.94. The zero-order chi connectivity index (χ0) is 15.2. The molecule has 0 aliphatic rings. The molecule has 0 fully saturated rings. The van der Waals surface area contributed by atoms with Gasteiger partial charge in [-0.1, -0.05) is 26.0 Å². The van der Waals surface area contributed by atoms with E-state index in [1.165, 1.54) is 11.1 Å². The molecule has 0 N–H and O–H groups in total. The maximum Gasteiger partial charge on any atom is 0.111 e. The van der Waals surface area contributed by atoms with E-state index < -0.39 is 0 Å². The zero-order valence-corrected chi connectivity index (χ0v) is 14.2. The number of fused-ring (bicyclic) bond motifs is 1. The molecule has 0 bridgehead atoms. The van der Waals surface area contributed by atoms with Crippen LogP contribution in [-0.4, -0.2) is 40.0 Å². The zero-order valence-electron chi connectivity index (χ0n) is 13.4. The molecule has 0 unspecified atom stereocenters. The van der Waals surface area contributed by atoms with Crippen molar-refractivity contribution in [3.05, 3.63) is 29.6 Å². The van der Waals surface area contributed by atoms with Gasteiger partial charge in [-0.2, -0.15) is 0 Å². The van der Waals surface area contributed by atoms with Gasteiger partial charge in [0.1, 0.15) is 5.82 Å². The van der Waals surface area contributed by atoms with Gasteiger partial charge in [0, 0.05) is 18.8 Å². The first-order valence-electron chi connectivity index (χ1n) is 7.94. The molecule has 0 radical (unpaired) electrons. The van der Waals surface area contributed by atoms with Crippen molar-refractivity contribution in [2.45, 2.75) is 40.2 Å². The van der Waals surface area contributed by atoms with E-state index in [9.17, 15) is 0 Å². The van der Waals surface area contributed by atoms with Gasteiger partial charge in [-0.05, 0) is 44.6 Å². The Morgan fingerprint density at radius 2 is 2.00 bits per heavy atom. The monoisotopic (exact) mass is 307 g/mol. The third kappa shape index (κ3) is 3.78. The Balaban J connectivity index is 2.21. The lowest BCUT2D eigenvalue weighted by Crippen LogP contribution is -2.25. The Morgan fingerprint density at radius 3 is 2.67 bits per heavy atom. The van der Waals surface area contributed by atoms with Crippen LogP contribution in [0.25, 0.3) is 11.0 Å². The maximum absolute atomic E-state index is 5.94. The van der Waals surface area contributed by atoms with Crippen molar-refractivity contribution >= 4 is 22.6 Å². The second kappa shape index (κ2) is 7.81. The molecule has 0 amide bonds. The predicted octanol–water partition coefficient (Wildman–Crippen LogP) is 3.86. The second-order valence-corrected chi connectivity index (χ2v) is 5.82. The summed E-state index contributed by atoms with van der Waals surface area (Å²) in [6, 6.07) is 6.34. The standard InChI is InChI=1S/C17H26ClN3/c1-4-20(5-2)12-7-13-21-16(10-11-18)19-15-9-6-8-14(3)17(15)21/h6,8-9H,4-5,7,10-13H2,1-3H3. The summed E-state index contributed by atoms with van der Waals surface area (Å²) in [6.45, 7) is 11.0. The number of nitrogens with zero attached hydrogens (tertiary/aromatic N) is 3. The van der Waals surface area contributed by atoms with Crippen LogP contribution in [0.5, 0.6) is 0 Å². The van der Waals surface area contributed by atoms with E-state index in [0.29, 0.717) is 5.88 Å². The highest BCUT2D eigenvalue weighted by atomic mass is 35.5. The van der Waals surface area contributed by atoms with E-state index in [1.54, 1.807) is 0 Å². The highest BCUT2D eigenvalue weighted by Crippen LogP contribution is 2.21. The fraction of sp³-hybridized carbons (Fsp3) is 0.588. The van der Waals surface area contributed by atoms with Crippen molar-refractivity contribution in [1.29, 1.82) is 0 Å². The van der Waals surface area contributed by atoms with Crippen molar-refractivity contribution < 1.29 is 0 Å². The summed E-state index contributed by atoms with van der Waals surface area (Å²) in [7, 11) is 0. The highest BCUT2D eigenvalue weighted by Gasteiger charge is 2.12. The SMILES string of the molecule is CCN(CC)CCCn1c(CCCl)nc2cccc(C)c21. The van der Waals surface area contributed by atoms with Crippen LogP contribution in [0, 0.1) is 6.92 Å². The van der Waals surface area contributed by atoms with Crippen LogP contribution in [0.4, 0.5) is 0 Å². The fourth-order valence-electron chi connectivity index (χ4n) is 2.92. The molecule has 0 aliphatic carbocycles. The van der Waals surface area contributed by atoms with Gasteiger partial charge in [-0.15, -0.1) is 11.6 Å². The van der Waals surface area contributed by atoms with Crippen molar-refractivity contribution in [1.82, 2.24) is 14.5 Å². The van der Waals surface area contributed by atoms with E-state index in [4.69, 9.17) is 16.6 Å². The Labute approximate surface area is 132 Å². The molecule has 1 aromatic carbocycles. The minimum absolute atomic E-state index is 0.623. The van der Waals surface area contributed by atoms with Gasteiger partial charge < -0.3 is 9.47 Å². The lowest BCUT2D eigenvalue weighted by molar-refractivity contribution is 0.293. The topological polar surface area (TPSA) is 21.1 Å². The molecule has 2 aromatic rings. The minimum atomic E-state index is 0.623. The molecule has 0 spiro atoms. The average Bonchev–Trinajstić information content (AvgIpc) is 2.83. The molecule has 116 valence electrons. The van der Waals surface area contributed by atoms with Gasteiger partial charge in [0.15, 0.2) is 0 Å². The van der Waals surface area contributed by atoms with Gasteiger partial charge in [-0.25, -0.2) is 4.98 Å². The van der Waals surface area contributed by atoms with E-state index in [-0.39, 0.29) is 0 Å². The van der Waals surface area contributed by atoms with E-state index in [2.05, 4.69) is 48.4 Å². The number of benzene rings is 1. The molecule has 0 saturated carbocycles. The van der Waals surface area contributed by atoms with Crippen LogP contribution >= 0.6 is 11.6 Å². The fourth-order valence-corrected chi connectivity index (χ4v) is 3.09. The summed E-state index contributed by atoms with van der Waals surface area (Å²) in [5.41, 5.74) is 3.67. The molecule has 0 atom stereocenters. The molecule has 4 heteroatoms. The molecule has 1 aromatic heterocycles. The van der Waals surface area contributed by atoms with Crippen molar-refractivity contribution in [2.75, 3.05) is 25.5 Å². The quantitative estimate of drug-likeness (QED) is 0.691. The molecular formula is C17H26ClN3. The number of aromatic nitrogens is 2. The summed E-state index contributed by atoms with van der Waals surface area (Å²) in [4.78, 5) is 7.23. The van der Waals surface area contributed by atoms with E-state index in [0.717, 1.165) is 50.4 Å². The number of hydrogen-bond acceptors (Lipinski definition) is 2. The summed E-state index contributed by atoms with van der Waals surface area (Å²) < 4.78 is 2.37. The van der Waals surface area contributed by atoms with Crippen LogP contribution in [0.15, 0.2) is 18.2 Å². The predicted molar refractivity (Wildman–Crippen MR) is 91.3 cm³/mol. The first kappa shape index (κ1) is 16.3. The third-order valence-corrected chi connectivity index (χ3v) is 4.31. The van der Waals surface area contributed by atoms with Crippen LogP contribution in [0.3, 0.4) is 0 Å². The first-order valence-corrected chi connectivity index (χ1v) is 8.47. The van der Waals surface area contributed by atoms with Crippen LogP contribution in [0.2, 0.25) is 0 Å². The highest BCUT2D eigenvalue weighted by molar-refractivity contribution is 6.17. The van der Waals surface area contributed by atoms with Gasteiger partial charge in [0.25, 0.3) is 0 Å². The van der Waals surface area contributed by atoms with Crippen molar-refractivity contribution in [3.63, 3.8) is 0 Å². The van der Waals surface area contributed by atoms with Gasteiger partial charge in [0.05, 0.1) is 11.0 Å². The Kier molecular flexibility index (Phi) is 6.07. The number of alkyl halides is 1. The number of para-hydroxylation sites is 1. The third-order valence-electron chi connectivity index (χ3n) is 4.12. The van der Waals surface area contributed by atoms with Crippen LogP contribution in [0.1, 0.15) is 31.7 Å². The minimum Gasteiger partial charge on any atom is -0.328 e. The molecule has 1 heterocycles. The average molecular weight is 308 g/mol. The van der Waals surface area contributed by atoms with E-state index in [1.807, 2.05) is 0 Å². The molecule has 3 nitrogen and oxygen atoms in total. The Hall–Kier alpha value is -1.06. The molecule has 0 saturated heterocycles. The first-order chi connectivity index (χ1) is 10.2. The molecule has 21 heavy (non-hydrogen) atoms.